The Hall–Kier alpha value is -10.2. The third-order valence-corrected chi connectivity index (χ3v) is 23.7. The van der Waals surface area contributed by atoms with Gasteiger partial charge in [0.25, 0.3) is 0 Å². The molecule has 0 spiro atoms. The second-order valence-corrected chi connectivity index (χ2v) is 33.2. The van der Waals surface area contributed by atoms with Gasteiger partial charge in [0, 0.05) is 51.9 Å². The van der Waals surface area contributed by atoms with Crippen LogP contribution in [0.4, 0.5) is 0 Å². The number of primary amides is 1. The molecule has 4 heterocycles. The number of nitrogens with one attached hydrogen (secondary N) is 9. The predicted molar refractivity (Wildman–Crippen MR) is 430 cm³/mol. The number of carbonyl (C=O) groups excluding carboxylic acids is 14. The fourth-order valence-electron chi connectivity index (χ4n) is 17.4. The number of nitrogens with zero attached hydrogens (tertiary/aromatic N) is 4. The van der Waals surface area contributed by atoms with Crippen molar-refractivity contribution in [2.75, 3.05) is 52.5 Å². The van der Waals surface area contributed by atoms with Crippen LogP contribution in [0.25, 0.3) is 0 Å². The summed E-state index contributed by atoms with van der Waals surface area (Å²) in [5.41, 5.74) is 25.9. The number of unbranched alkanes of at least 4 members (excludes halogenated alkanes) is 2. The van der Waals surface area contributed by atoms with E-state index < -0.39 is 213 Å². The maximum atomic E-state index is 15.7. The minimum atomic E-state index is -1.63. The highest BCUT2D eigenvalue weighted by Gasteiger charge is 2.54. The molecule has 2 aliphatic carbocycles. The Labute approximate surface area is 692 Å². The molecule has 8 rings (SSSR count). The van der Waals surface area contributed by atoms with Crippen LogP contribution in [0.5, 0.6) is 0 Å². The van der Waals surface area contributed by atoms with Crippen LogP contribution >= 0.6 is 0 Å². The number of amides is 14. The van der Waals surface area contributed by atoms with E-state index in [1.54, 1.807) is 44.2 Å². The highest BCUT2D eigenvalue weighted by Crippen LogP contribution is 2.44. The monoisotopic (exact) mass is 1670 g/mol. The molecule has 0 aromatic heterocycles. The molecule has 0 radical (unpaired) electrons. The molecule has 4 aliphatic heterocycles. The van der Waals surface area contributed by atoms with Gasteiger partial charge in [0.05, 0.1) is 32.3 Å². The first-order valence-electron chi connectivity index (χ1n) is 41.9. The molecule has 2 aromatic carbocycles. The summed E-state index contributed by atoms with van der Waals surface area (Å²) in [6.45, 7) is 4.60. The lowest BCUT2D eigenvalue weighted by Crippen LogP contribution is -2.62. The number of fused-ring (bicyclic) bond motifs is 4. The van der Waals surface area contributed by atoms with Gasteiger partial charge in [-0.15, -0.1) is 0 Å². The van der Waals surface area contributed by atoms with Crippen molar-refractivity contribution in [2.45, 2.75) is 255 Å². The maximum Gasteiger partial charge on any atom is 0.303 e. The van der Waals surface area contributed by atoms with Crippen molar-refractivity contribution >= 4 is 94.6 Å². The van der Waals surface area contributed by atoms with Crippen LogP contribution < -0.4 is 70.8 Å². The molecule has 14 amide bonds. The molecule has 16 atom stereocenters. The number of hydrogen-bond donors (Lipinski definition) is 17. The average molecular weight is 1670 g/mol. The van der Waals surface area contributed by atoms with Crippen molar-refractivity contribution in [2.24, 2.45) is 58.4 Å². The summed E-state index contributed by atoms with van der Waals surface area (Å²) < 4.78 is 0. The number of aliphatic carboxylic acids is 2. The molecule has 6 aliphatic rings. The smallest absolute Gasteiger partial charge is 0.303 e. The summed E-state index contributed by atoms with van der Waals surface area (Å²) >= 11 is 0. The van der Waals surface area contributed by atoms with Gasteiger partial charge in [0.2, 0.25) is 82.7 Å². The van der Waals surface area contributed by atoms with Crippen LogP contribution in [-0.2, 0) is 103 Å². The Balaban J connectivity index is 0.957. The number of nitrogens with two attached hydrogens (primary N) is 4. The zero-order valence-electron chi connectivity index (χ0n) is 68.6. The number of benzene rings is 2. The third kappa shape index (κ3) is 25.9. The zero-order valence-corrected chi connectivity index (χ0v) is 68.6. The van der Waals surface area contributed by atoms with E-state index in [1.807, 2.05) is 32.0 Å². The molecule has 119 heavy (non-hydrogen) atoms. The Morgan fingerprint density at radius 2 is 0.866 bits per heavy atom. The van der Waals surface area contributed by atoms with Gasteiger partial charge in [0.1, 0.15) is 66.5 Å². The summed E-state index contributed by atoms with van der Waals surface area (Å²) in [6.07, 6.45) is 5.53. The number of aliphatic hydroxyl groups is 2. The van der Waals surface area contributed by atoms with Crippen molar-refractivity contribution in [1.29, 1.82) is 0 Å². The molecule has 4 unspecified atom stereocenters. The van der Waals surface area contributed by atoms with Crippen molar-refractivity contribution in [3.05, 3.63) is 70.8 Å². The molecular weight excluding hydrogens is 1540 g/mol. The quantitative estimate of drug-likeness (QED) is 0.0304. The normalized spacial score (nSPS) is 21.9. The standard InChI is InChI=1S/C82H123N17O20/c1-45(2)33-59(92-72(109)55(85)27-29-67(104)105)77(114)95-62(44-101)80(117)97-40-50-20-8-6-18-48(50)36-64(97)82(119)98-41-51-21-9-11-23-53(51)69(98)78(115)87-37-65(102)89-56(25-13-15-31-83)73(110)88-38-66(103)96-39-49-19-7-5-17-47(49)35-63(96)81(118)99-42-52-22-10-12-24-54(52)70(99)79(116)93-60(34-46(3)4)76(113)90-57(26-14-16-32-84)74(111)91-58(28-30-68(106)107)75(112)94-61(43-100)71(86)108/h5-8,17-20,45-46,51-64,69-70,100-101H,9-16,21-44,83-85H2,1-4H3,(H2,86,108)(H,87,115)(H,88,110)(H,89,102)(H,90,113)(H,91,111)(H,92,109)(H,93,116)(H,94,112)(H,95,114)(H,104,105)(H,106,107)/t51?,52?,53?,54?,55-,56-,57-,58-,59-,60-,61-,62-,63-,64-,69-,70-/m0/s1. The highest BCUT2D eigenvalue weighted by atomic mass is 16.4. The second-order valence-electron chi connectivity index (χ2n) is 33.2. The van der Waals surface area contributed by atoms with Crippen LogP contribution in [0.15, 0.2) is 48.5 Å². The topological polar surface area (TPSA) is 579 Å². The maximum absolute atomic E-state index is 15.7. The Morgan fingerprint density at radius 3 is 1.35 bits per heavy atom. The van der Waals surface area contributed by atoms with Gasteiger partial charge in [-0.25, -0.2) is 0 Å². The third-order valence-electron chi connectivity index (χ3n) is 23.7. The average Bonchev–Trinajstić information content (AvgIpc) is 1.66. The predicted octanol–water partition coefficient (Wildman–Crippen LogP) is -2.57. The van der Waals surface area contributed by atoms with E-state index in [1.165, 1.54) is 19.6 Å². The van der Waals surface area contributed by atoms with E-state index in [2.05, 4.69) is 47.9 Å². The summed E-state index contributed by atoms with van der Waals surface area (Å²) in [7, 11) is 0. The van der Waals surface area contributed by atoms with Gasteiger partial charge < -0.3 is 111 Å². The Bertz CT molecular complexity index is 3960. The van der Waals surface area contributed by atoms with Gasteiger partial charge in [-0.2, -0.15) is 0 Å². The van der Waals surface area contributed by atoms with Gasteiger partial charge >= 0.3 is 11.9 Å². The molecular formula is C82H123N17O20. The second kappa shape index (κ2) is 45.2. The van der Waals surface area contributed by atoms with Crippen molar-refractivity contribution < 1.29 is 97.1 Å². The fraction of sp³-hybridized carbons (Fsp3) is 0.659. The van der Waals surface area contributed by atoms with E-state index in [0.29, 0.717) is 56.9 Å². The number of carboxylic acids is 2. The Morgan fingerprint density at radius 1 is 0.445 bits per heavy atom. The lowest BCUT2D eigenvalue weighted by molar-refractivity contribution is -0.152. The van der Waals surface area contributed by atoms with Gasteiger partial charge in [-0.05, 0) is 161 Å². The highest BCUT2D eigenvalue weighted by molar-refractivity contribution is 6.00. The van der Waals surface area contributed by atoms with E-state index in [0.717, 1.165) is 42.4 Å². The molecule has 656 valence electrons. The lowest BCUT2D eigenvalue weighted by atomic mass is 9.78. The number of hydrogen-bond acceptors (Lipinski definition) is 21. The van der Waals surface area contributed by atoms with Crippen LogP contribution in [0, 0.1) is 35.5 Å². The zero-order chi connectivity index (χ0) is 86.9. The minimum absolute atomic E-state index is 0.00824. The number of likely N-dealkylation sites (tertiary alicyclic amines) is 2. The number of carbonyl (C=O) groups is 16. The summed E-state index contributed by atoms with van der Waals surface area (Å²) in [4.78, 5) is 230. The summed E-state index contributed by atoms with van der Waals surface area (Å²) in [5, 5.41) is 62.7. The van der Waals surface area contributed by atoms with Gasteiger partial charge in [0.15, 0.2) is 0 Å². The van der Waals surface area contributed by atoms with Gasteiger partial charge in [-0.3, -0.25) is 76.7 Å². The lowest BCUT2D eigenvalue weighted by Gasteiger charge is -2.40. The first-order valence-corrected chi connectivity index (χ1v) is 41.9. The number of rotatable bonds is 43. The molecule has 37 heteroatoms. The van der Waals surface area contributed by atoms with Crippen LogP contribution in [0.1, 0.15) is 178 Å². The van der Waals surface area contributed by atoms with E-state index in [4.69, 9.17) is 28.0 Å². The van der Waals surface area contributed by atoms with Crippen molar-refractivity contribution in [3.8, 4) is 0 Å². The largest absolute Gasteiger partial charge is 0.481 e. The SMILES string of the molecule is CC(C)C[C@H](NC(=O)[C@@H]1C2CCCCC2CN1C(=O)[C@@H]1Cc2ccccc2CN1C(=O)CNC(=O)[C@H](CCCCN)NC(=O)CNC(=O)[C@@H]1C2CCCCC2CN1C(=O)[C@@H]1Cc2ccccc2CN1C(=O)[C@H](CO)NC(=O)[C@H](CC(C)C)NC(=O)[C@@H](N)CCC(=O)O)C(=O)N[C@@H](CCCCN)C(=O)N[C@@H](CCC(=O)O)C(=O)N[C@@H](CO)C(N)=O. The van der Waals surface area contributed by atoms with E-state index in [-0.39, 0.29) is 120 Å². The van der Waals surface area contributed by atoms with Crippen LogP contribution in [-0.4, -0.2) is 260 Å². The molecule has 21 N–H and O–H groups in total. The minimum Gasteiger partial charge on any atom is -0.481 e. The molecule has 37 nitrogen and oxygen atoms in total. The molecule has 2 aromatic rings. The summed E-state index contributed by atoms with van der Waals surface area (Å²) in [6, 6.07) is -1.61. The van der Waals surface area contributed by atoms with Crippen LogP contribution in [0.2, 0.25) is 0 Å². The first kappa shape index (κ1) is 94.2. The van der Waals surface area contributed by atoms with E-state index >= 15 is 14.4 Å². The van der Waals surface area contributed by atoms with Crippen molar-refractivity contribution in [1.82, 2.24) is 67.5 Å². The van der Waals surface area contributed by atoms with Gasteiger partial charge in [-0.1, -0.05) is 102 Å². The summed E-state index contributed by atoms with van der Waals surface area (Å²) in [5.74, 6) is -14.9. The Kier molecular flexibility index (Phi) is 35.8. The number of carboxylic acid groups (broad SMARTS) is 2. The molecule has 2 saturated heterocycles. The van der Waals surface area contributed by atoms with E-state index in [9.17, 15) is 77.6 Å². The molecule has 4 fully saturated rings. The fourth-order valence-corrected chi connectivity index (χ4v) is 17.4. The number of aliphatic hydroxyl groups excluding tert-OH is 2. The molecule has 2 saturated carbocycles. The first-order chi connectivity index (χ1) is 56.8. The van der Waals surface area contributed by atoms with Crippen molar-refractivity contribution in [3.63, 3.8) is 0 Å². The molecule has 0 bridgehead atoms. The van der Waals surface area contributed by atoms with Crippen LogP contribution in [0.3, 0.4) is 0 Å².